The normalized spacial score (nSPS) is 28.2. The molecule has 2 aromatic carbocycles. The van der Waals surface area contributed by atoms with E-state index in [-0.39, 0.29) is 123 Å². The van der Waals surface area contributed by atoms with Gasteiger partial charge in [-0.25, -0.2) is 0 Å². The molecule has 12 bridgehead atoms. The summed E-state index contributed by atoms with van der Waals surface area (Å²) < 4.78 is 54.1. The molecular weight excluding hydrogens is 1550 g/mol. The third-order valence-electron chi connectivity index (χ3n) is 29.8. The van der Waals surface area contributed by atoms with E-state index in [2.05, 4.69) is 19.1 Å². The first-order chi connectivity index (χ1) is 57.2. The first-order valence-electron chi connectivity index (χ1n) is 47.5. The van der Waals surface area contributed by atoms with Crippen molar-refractivity contribution in [2.45, 2.75) is 335 Å². The lowest BCUT2D eigenvalue weighted by Crippen LogP contribution is -2.52. The summed E-state index contributed by atoms with van der Waals surface area (Å²) in [5.41, 5.74) is -6.36. The van der Waals surface area contributed by atoms with E-state index < -0.39 is 48.9 Å². The molecule has 0 heterocycles. The van der Waals surface area contributed by atoms with Crippen LogP contribution >= 0.6 is 0 Å². The van der Waals surface area contributed by atoms with Crippen LogP contribution in [0.2, 0.25) is 0 Å². The van der Waals surface area contributed by atoms with Gasteiger partial charge in [-0.05, 0) is 414 Å². The van der Waals surface area contributed by atoms with Gasteiger partial charge < -0.3 is 57.3 Å². The van der Waals surface area contributed by atoms with E-state index in [1.54, 1.807) is 0 Å². The van der Waals surface area contributed by atoms with E-state index in [0.717, 1.165) is 105 Å². The molecule has 12 aliphatic carbocycles. The van der Waals surface area contributed by atoms with Gasteiger partial charge in [0.1, 0.15) is 61.7 Å². The number of esters is 8. The smallest absolute Gasteiger partial charge is 0.312 e. The lowest BCUT2D eigenvalue weighted by Gasteiger charge is -2.54. The summed E-state index contributed by atoms with van der Waals surface area (Å²) in [5, 5.41) is 0. The summed E-state index contributed by atoms with van der Waals surface area (Å²) in [6.07, 6.45) is 21.7. The van der Waals surface area contributed by atoms with Crippen LogP contribution in [0.1, 0.15) is 310 Å². The number of hydrogen-bond acceptors (Lipinski definition) is 20. The summed E-state index contributed by atoms with van der Waals surface area (Å²) in [5.74, 6) is 6.09. The van der Waals surface area contributed by atoms with E-state index in [4.69, 9.17) is 42.6 Å². The van der Waals surface area contributed by atoms with Crippen LogP contribution in [0.4, 0.5) is 0 Å². The number of carbonyl (C=O) groups is 8. The molecule has 0 saturated heterocycles. The van der Waals surface area contributed by atoms with Crippen LogP contribution in [0.3, 0.4) is 0 Å². The molecular formula is C103H165N3O17. The molecule has 20 heteroatoms. The van der Waals surface area contributed by atoms with Crippen LogP contribution in [-0.4, -0.2) is 174 Å². The van der Waals surface area contributed by atoms with Crippen LogP contribution in [-0.2, 0) is 82.9 Å². The van der Waals surface area contributed by atoms with Gasteiger partial charge in [0.25, 0.3) is 0 Å². The van der Waals surface area contributed by atoms with Gasteiger partial charge in [-0.1, -0.05) is 63.2 Å². The number of carbonyl (C=O) groups excluding carboxylic acids is 8. The van der Waals surface area contributed by atoms with Gasteiger partial charge in [-0.15, -0.1) is 0 Å². The van der Waals surface area contributed by atoms with Crippen LogP contribution in [0.15, 0.2) is 54.6 Å². The molecule has 12 saturated carbocycles. The van der Waals surface area contributed by atoms with E-state index >= 15 is 0 Å². The van der Waals surface area contributed by atoms with Crippen LogP contribution < -0.4 is 4.74 Å². The van der Waals surface area contributed by atoms with E-state index in [1.165, 1.54) is 50.5 Å². The Labute approximate surface area is 741 Å². The zero-order valence-electron chi connectivity index (χ0n) is 81.1. The predicted molar refractivity (Wildman–Crippen MR) is 481 cm³/mol. The number of nitrogens with zero attached hydrogens (tertiary/aromatic N) is 3. The average Bonchev–Trinajstić information content (AvgIpc) is 0.761. The third kappa shape index (κ3) is 27.0. The minimum atomic E-state index is -1.09. The van der Waals surface area contributed by atoms with E-state index in [1.807, 2.05) is 231 Å². The summed E-state index contributed by atoms with van der Waals surface area (Å²) in [6, 6.07) is 17.9. The van der Waals surface area contributed by atoms with Gasteiger partial charge in [0.05, 0.1) is 43.3 Å². The first kappa shape index (κ1) is 101. The molecule has 6 atom stereocenters. The fourth-order valence-electron chi connectivity index (χ4n) is 24.2. The van der Waals surface area contributed by atoms with Crippen molar-refractivity contribution in [2.75, 3.05) is 81.7 Å². The van der Waals surface area contributed by atoms with Crippen LogP contribution in [0.25, 0.3) is 0 Å². The fourth-order valence-corrected chi connectivity index (χ4v) is 24.2. The highest BCUT2D eigenvalue weighted by Gasteiger charge is 2.59. The number of benzene rings is 2. The Morgan fingerprint density at radius 1 is 0.341 bits per heavy atom. The molecule has 12 aliphatic rings. The molecule has 2 aromatic rings. The molecule has 12 fully saturated rings. The molecule has 0 radical (unpaired) electrons. The summed E-state index contributed by atoms with van der Waals surface area (Å²) >= 11 is 0. The topological polar surface area (TPSA) is 229 Å². The van der Waals surface area contributed by atoms with Crippen molar-refractivity contribution in [3.63, 3.8) is 0 Å². The number of likely N-dealkylation sites (N-methyl/N-ethyl adjacent to an activating group) is 3. The Bertz CT molecular complexity index is 3770. The van der Waals surface area contributed by atoms with Crippen molar-refractivity contribution in [3.8, 4) is 5.75 Å². The maximum absolute atomic E-state index is 14.4. The lowest BCUT2D eigenvalue weighted by atomic mass is 9.55. The maximum Gasteiger partial charge on any atom is 0.312 e. The highest BCUT2D eigenvalue weighted by atomic mass is 16.6. The largest absolute Gasteiger partial charge is 0.488 e. The van der Waals surface area contributed by atoms with Gasteiger partial charge in [-0.2, -0.15) is 0 Å². The average molecular weight is 1720 g/mol. The Hall–Kier alpha value is -6.12. The van der Waals surface area contributed by atoms with Crippen molar-refractivity contribution in [2.24, 2.45) is 114 Å². The standard InChI is InChI=1S/C36H57NO5.C35H53NO6.C32H55NO6/c1-10-26(27-11-13-30(14-12-27)42-34(2,3)4)22-36(7,23-35(5,6)32(38)40-16-15-37(8)9)33(39)41-31-28-18-24-17-25(20-28)21-29(31)19-24;1-8-34(4,31(38)41-21-24-12-10-9-11-13-24)23-35(5,22-33(2,3)30(37)40-15-14-36(6)7)32(39)42-29-27-17-25-16-26(19-27)20-28(29)18-25;1-11-31(7,28(36)39-29(2,3)4)20-32(8,19-30(5,6)26(34)37-13-12-33(9)10)27(35)38-25-23-15-21-14-22(17-23)18-24(25)16-21/h11-14,24-26,28-29,31H,10,15-23H2,1-9H3;9-13,25-29H,8,14-23H2,1-7H3;21-25H,11-20H2,1-10H3. The SMILES string of the molecule is CCC(C)(CC(C)(CC(C)(C)C(=O)OCCN(C)C)C(=O)OC1C2CC3CC(C2)CC1C3)C(=O)OC(C)(C)C.CCC(C)(CC(C)(CC(C)(C)C(=O)OCCN(C)C)C(=O)OC1C2CC3CC(C2)CC1C3)C(=O)OCc1ccccc1.CCC(CC(C)(CC(C)(C)C(=O)OCCN(C)C)C(=O)OC1C2CC3CC(C2)CC1C3)c1ccc(OC(C)(C)C)cc1. The van der Waals surface area contributed by atoms with Gasteiger partial charge >= 0.3 is 47.8 Å². The van der Waals surface area contributed by atoms with Gasteiger partial charge in [0.15, 0.2) is 0 Å². The maximum atomic E-state index is 14.4. The highest BCUT2D eigenvalue weighted by Crippen LogP contribution is 2.60. The minimum Gasteiger partial charge on any atom is -0.488 e. The highest BCUT2D eigenvalue weighted by molar-refractivity contribution is 5.85. The summed E-state index contributed by atoms with van der Waals surface area (Å²) in [4.78, 5) is 116. The molecule has 0 aliphatic heterocycles. The number of rotatable bonds is 39. The zero-order chi connectivity index (χ0) is 91.0. The van der Waals surface area contributed by atoms with Crippen LogP contribution in [0, 0.1) is 114 Å². The van der Waals surface area contributed by atoms with Crippen molar-refractivity contribution in [3.05, 3.63) is 65.7 Å². The predicted octanol–water partition coefficient (Wildman–Crippen LogP) is 20.1. The van der Waals surface area contributed by atoms with Gasteiger partial charge in [-0.3, -0.25) is 38.4 Å². The molecule has 0 N–H and O–H groups in total. The third-order valence-corrected chi connectivity index (χ3v) is 29.8. The zero-order valence-corrected chi connectivity index (χ0v) is 81.1. The first-order valence-corrected chi connectivity index (χ1v) is 47.5. The molecule has 0 amide bonds. The molecule has 14 rings (SSSR count). The second-order valence-electron chi connectivity index (χ2n) is 46.4. The van der Waals surface area contributed by atoms with Gasteiger partial charge in [0, 0.05) is 19.6 Å². The molecule has 123 heavy (non-hydrogen) atoms. The Morgan fingerprint density at radius 2 is 0.650 bits per heavy atom. The Kier molecular flexibility index (Phi) is 33.6. The molecule has 0 aromatic heterocycles. The second kappa shape index (κ2) is 41.1. The summed E-state index contributed by atoms with van der Waals surface area (Å²) in [6.45, 7) is 41.4. The van der Waals surface area contributed by atoms with Crippen molar-refractivity contribution >= 4 is 47.8 Å². The molecule has 694 valence electrons. The fraction of sp³-hybridized carbons (Fsp3) is 0.806. The quantitative estimate of drug-likeness (QED) is 0.0447. The lowest BCUT2D eigenvalue weighted by molar-refractivity contribution is -0.189. The van der Waals surface area contributed by atoms with E-state index in [0.29, 0.717) is 87.4 Å². The monoisotopic (exact) mass is 1720 g/mol. The molecule has 20 nitrogen and oxygen atoms in total. The Morgan fingerprint density at radius 3 is 0.943 bits per heavy atom. The summed E-state index contributed by atoms with van der Waals surface area (Å²) in [7, 11) is 11.6. The Balaban J connectivity index is 0.000000209. The van der Waals surface area contributed by atoms with Gasteiger partial charge in [0.2, 0.25) is 0 Å². The van der Waals surface area contributed by atoms with Crippen molar-refractivity contribution in [1.29, 1.82) is 0 Å². The number of hydrogen-bond donors (Lipinski definition) is 0. The minimum absolute atomic E-state index is 0.0219. The molecule has 0 spiro atoms. The molecule has 6 unspecified atom stereocenters. The van der Waals surface area contributed by atoms with Crippen molar-refractivity contribution in [1.82, 2.24) is 14.7 Å². The van der Waals surface area contributed by atoms with Crippen LogP contribution in [0.5, 0.6) is 5.75 Å². The number of ether oxygens (including phenoxy) is 9. The van der Waals surface area contributed by atoms with Crippen molar-refractivity contribution < 1.29 is 81.0 Å². The second-order valence-corrected chi connectivity index (χ2v) is 46.4. The van der Waals surface area contributed by atoms with E-state index in [9.17, 15) is 38.4 Å².